The van der Waals surface area contributed by atoms with E-state index in [0.717, 1.165) is 30.3 Å². The summed E-state index contributed by atoms with van der Waals surface area (Å²) in [7, 11) is 1.91. The first-order chi connectivity index (χ1) is 8.86. The summed E-state index contributed by atoms with van der Waals surface area (Å²) in [5, 5.41) is 3.57. The molecule has 0 radical (unpaired) electrons. The second-order valence-corrected chi connectivity index (χ2v) is 6.39. The van der Waals surface area contributed by atoms with Crippen molar-refractivity contribution in [3.63, 3.8) is 0 Å². The summed E-state index contributed by atoms with van der Waals surface area (Å²) >= 11 is 0. The van der Waals surface area contributed by atoms with Crippen LogP contribution < -0.4 is 5.32 Å². The Kier molecular flexibility index (Phi) is 3.76. The van der Waals surface area contributed by atoms with E-state index in [1.54, 1.807) is 0 Å². The van der Waals surface area contributed by atoms with Crippen LogP contribution in [0, 0.1) is 17.8 Å². The van der Waals surface area contributed by atoms with Crippen molar-refractivity contribution in [2.24, 2.45) is 22.7 Å². The van der Waals surface area contributed by atoms with Crippen molar-refractivity contribution < 1.29 is 0 Å². The van der Waals surface area contributed by atoms with Crippen LogP contribution in [-0.2, 0) is 0 Å². The minimum absolute atomic E-state index is 1.01. The van der Waals surface area contributed by atoms with Crippen LogP contribution in [0.5, 0.6) is 0 Å². The summed E-state index contributed by atoms with van der Waals surface area (Å²) in [6, 6.07) is 0. The summed E-state index contributed by atoms with van der Waals surface area (Å²) < 4.78 is 0. The van der Waals surface area contributed by atoms with E-state index in [1.165, 1.54) is 58.0 Å². The molecule has 3 aliphatic rings. The van der Waals surface area contributed by atoms with Gasteiger partial charge in [0.1, 0.15) is 0 Å². The van der Waals surface area contributed by atoms with Crippen LogP contribution in [0.3, 0.4) is 0 Å². The summed E-state index contributed by atoms with van der Waals surface area (Å²) in [6.07, 6.45) is 10.1. The fraction of sp³-hybridized carbons (Fsp3) is 0.933. The van der Waals surface area contributed by atoms with E-state index in [0.29, 0.717) is 0 Å². The van der Waals surface area contributed by atoms with Crippen molar-refractivity contribution >= 4 is 5.96 Å². The molecule has 3 heteroatoms. The molecular formula is C15H27N3. The Morgan fingerprint density at radius 3 is 2.67 bits per heavy atom. The van der Waals surface area contributed by atoms with Crippen LogP contribution in [0.25, 0.3) is 0 Å². The molecule has 0 aromatic rings. The van der Waals surface area contributed by atoms with Gasteiger partial charge in [0.15, 0.2) is 5.96 Å². The number of aliphatic imine (C=N–C) groups is 1. The van der Waals surface area contributed by atoms with Gasteiger partial charge in [-0.3, -0.25) is 4.99 Å². The second kappa shape index (κ2) is 5.50. The maximum Gasteiger partial charge on any atom is 0.193 e. The second-order valence-electron chi connectivity index (χ2n) is 6.39. The molecule has 2 bridgehead atoms. The predicted octanol–water partition coefficient (Wildman–Crippen LogP) is 2.48. The Balaban J connectivity index is 1.41. The molecular weight excluding hydrogens is 222 g/mol. The van der Waals surface area contributed by atoms with Gasteiger partial charge in [0.2, 0.25) is 0 Å². The number of fused-ring (bicyclic) bond motifs is 2. The molecule has 0 aromatic heterocycles. The van der Waals surface area contributed by atoms with Crippen molar-refractivity contribution in [1.82, 2.24) is 10.2 Å². The quantitative estimate of drug-likeness (QED) is 0.615. The van der Waals surface area contributed by atoms with Gasteiger partial charge in [-0.15, -0.1) is 0 Å². The predicted molar refractivity (Wildman–Crippen MR) is 75.7 cm³/mol. The fourth-order valence-corrected chi connectivity index (χ4v) is 4.36. The van der Waals surface area contributed by atoms with Crippen molar-refractivity contribution in [3.05, 3.63) is 0 Å². The first-order valence-corrected chi connectivity index (χ1v) is 7.82. The highest BCUT2D eigenvalue weighted by atomic mass is 15.3. The zero-order chi connectivity index (χ0) is 12.4. The lowest BCUT2D eigenvalue weighted by atomic mass is 9.86. The maximum atomic E-state index is 4.41. The number of likely N-dealkylation sites (tertiary alicyclic amines) is 1. The highest BCUT2D eigenvalue weighted by Gasteiger charge is 2.38. The average Bonchev–Trinajstić information content (AvgIpc) is 3.10. The molecule has 0 amide bonds. The lowest BCUT2D eigenvalue weighted by Gasteiger charge is -2.24. The lowest BCUT2D eigenvalue weighted by molar-refractivity contribution is 0.313. The van der Waals surface area contributed by atoms with Gasteiger partial charge < -0.3 is 10.2 Å². The molecule has 1 saturated heterocycles. The number of rotatable bonds is 3. The minimum atomic E-state index is 1.01. The van der Waals surface area contributed by atoms with Gasteiger partial charge in [-0.1, -0.05) is 6.42 Å². The zero-order valence-electron chi connectivity index (χ0n) is 11.7. The van der Waals surface area contributed by atoms with Gasteiger partial charge in [-0.2, -0.15) is 0 Å². The van der Waals surface area contributed by atoms with Crippen molar-refractivity contribution in [3.8, 4) is 0 Å². The zero-order valence-corrected chi connectivity index (χ0v) is 11.7. The van der Waals surface area contributed by atoms with Gasteiger partial charge in [0.05, 0.1) is 0 Å². The van der Waals surface area contributed by atoms with Gasteiger partial charge in [0.25, 0.3) is 0 Å². The van der Waals surface area contributed by atoms with Crippen LogP contribution in [-0.4, -0.2) is 37.5 Å². The van der Waals surface area contributed by atoms with Crippen LogP contribution in [0.2, 0.25) is 0 Å². The fourth-order valence-electron chi connectivity index (χ4n) is 4.36. The van der Waals surface area contributed by atoms with Crippen molar-refractivity contribution in [2.75, 3.05) is 26.7 Å². The topological polar surface area (TPSA) is 27.6 Å². The third-order valence-corrected chi connectivity index (χ3v) is 5.30. The molecule has 3 unspecified atom stereocenters. The number of nitrogens with zero attached hydrogens (tertiary/aromatic N) is 2. The summed E-state index contributed by atoms with van der Waals surface area (Å²) in [4.78, 5) is 6.82. The Morgan fingerprint density at radius 2 is 2.06 bits per heavy atom. The number of hydrogen-bond acceptors (Lipinski definition) is 1. The maximum absolute atomic E-state index is 4.41. The number of hydrogen-bond donors (Lipinski definition) is 1. The molecule has 0 spiro atoms. The highest BCUT2D eigenvalue weighted by molar-refractivity contribution is 5.80. The molecule has 3 fully saturated rings. The van der Waals surface area contributed by atoms with Crippen LogP contribution in [0.1, 0.15) is 44.9 Å². The summed E-state index contributed by atoms with van der Waals surface area (Å²) in [5.74, 6) is 4.28. The normalized spacial score (nSPS) is 35.5. The molecule has 102 valence electrons. The number of nitrogens with one attached hydrogen (secondary N) is 1. The Hall–Kier alpha value is -0.730. The van der Waals surface area contributed by atoms with E-state index in [1.807, 2.05) is 7.05 Å². The van der Waals surface area contributed by atoms with Crippen LogP contribution >= 0.6 is 0 Å². The summed E-state index contributed by atoms with van der Waals surface area (Å²) in [6.45, 7) is 3.50. The molecule has 0 aromatic carbocycles. The molecule has 1 N–H and O–H groups in total. The first kappa shape index (κ1) is 12.3. The Labute approximate surface area is 111 Å². The SMILES string of the molecule is CN=C(NCCC1CC2CCC1C2)N1CCCC1. The van der Waals surface area contributed by atoms with Gasteiger partial charge in [0, 0.05) is 26.7 Å². The monoisotopic (exact) mass is 249 g/mol. The Morgan fingerprint density at radius 1 is 1.22 bits per heavy atom. The third kappa shape index (κ3) is 2.50. The third-order valence-electron chi connectivity index (χ3n) is 5.30. The molecule has 18 heavy (non-hydrogen) atoms. The molecule has 1 aliphatic heterocycles. The smallest absolute Gasteiger partial charge is 0.193 e. The van der Waals surface area contributed by atoms with Gasteiger partial charge >= 0.3 is 0 Å². The molecule has 2 saturated carbocycles. The molecule has 3 nitrogen and oxygen atoms in total. The lowest BCUT2D eigenvalue weighted by Crippen LogP contribution is -2.40. The van der Waals surface area contributed by atoms with E-state index in [2.05, 4.69) is 15.2 Å². The van der Waals surface area contributed by atoms with Crippen molar-refractivity contribution in [1.29, 1.82) is 0 Å². The molecule has 3 atom stereocenters. The Bertz CT molecular complexity index is 307. The molecule has 2 aliphatic carbocycles. The van der Waals surface area contributed by atoms with E-state index in [9.17, 15) is 0 Å². The number of guanidine groups is 1. The van der Waals surface area contributed by atoms with Crippen molar-refractivity contribution in [2.45, 2.75) is 44.9 Å². The molecule has 3 rings (SSSR count). The summed E-state index contributed by atoms with van der Waals surface area (Å²) in [5.41, 5.74) is 0. The van der Waals surface area contributed by atoms with E-state index < -0.39 is 0 Å². The van der Waals surface area contributed by atoms with E-state index >= 15 is 0 Å². The minimum Gasteiger partial charge on any atom is -0.356 e. The largest absolute Gasteiger partial charge is 0.356 e. The van der Waals surface area contributed by atoms with E-state index in [4.69, 9.17) is 0 Å². The van der Waals surface area contributed by atoms with Crippen LogP contribution in [0.15, 0.2) is 4.99 Å². The van der Waals surface area contributed by atoms with Gasteiger partial charge in [-0.05, 0) is 56.3 Å². The molecule has 1 heterocycles. The van der Waals surface area contributed by atoms with Crippen LogP contribution in [0.4, 0.5) is 0 Å². The first-order valence-electron chi connectivity index (χ1n) is 7.82. The standard InChI is InChI=1S/C15H27N3/c1-16-15(18-8-2-3-9-18)17-7-6-14-11-12-4-5-13(14)10-12/h12-14H,2-11H2,1H3,(H,16,17). The average molecular weight is 249 g/mol. The van der Waals surface area contributed by atoms with Gasteiger partial charge in [-0.25, -0.2) is 0 Å². The highest BCUT2D eigenvalue weighted by Crippen LogP contribution is 2.49. The van der Waals surface area contributed by atoms with E-state index in [-0.39, 0.29) is 0 Å².